The van der Waals surface area contributed by atoms with Gasteiger partial charge in [-0.25, -0.2) is 0 Å². The summed E-state index contributed by atoms with van der Waals surface area (Å²) in [5.41, 5.74) is 5.37. The number of allylic oxidation sites excluding steroid dienone is 2. The van der Waals surface area contributed by atoms with Crippen LogP contribution in [0.4, 0.5) is 0 Å². The highest BCUT2D eigenvalue weighted by molar-refractivity contribution is 14.1. The molecule has 0 N–H and O–H groups in total. The Bertz CT molecular complexity index is 723. The van der Waals surface area contributed by atoms with Crippen LogP contribution in [0, 0.1) is 0 Å². The van der Waals surface area contributed by atoms with Gasteiger partial charge in [0.2, 0.25) is 0 Å². The number of benzene rings is 2. The van der Waals surface area contributed by atoms with Gasteiger partial charge in [-0.2, -0.15) is 0 Å². The third-order valence-electron chi connectivity index (χ3n) is 3.67. The van der Waals surface area contributed by atoms with Crippen molar-refractivity contribution in [2.75, 3.05) is 0 Å². The average molecular weight is 544 g/mol. The Morgan fingerprint density at radius 1 is 0.739 bits per heavy atom. The summed E-state index contributed by atoms with van der Waals surface area (Å²) >= 11 is 5.08. The molecular weight excluding hydrogens is 522 g/mol. The second-order valence-electron chi connectivity index (χ2n) is 6.61. The molecule has 3 heteroatoms. The van der Waals surface area contributed by atoms with Gasteiger partial charge in [0.1, 0.15) is 0 Å². The van der Waals surface area contributed by atoms with Gasteiger partial charge in [-0.15, -0.1) is 0 Å². The average Bonchev–Trinajstić information content (AvgIpc) is 2.55. The van der Waals surface area contributed by atoms with Crippen LogP contribution >= 0.6 is 45.2 Å². The fraction of sp³-hybridized carbons (Fsp3) is 0.200. The van der Waals surface area contributed by atoms with Gasteiger partial charge in [-0.05, 0) is 55.0 Å². The maximum Gasteiger partial charge on any atom is 0.0858 e. The fourth-order valence-electron chi connectivity index (χ4n) is 2.51. The van der Waals surface area contributed by atoms with Crippen molar-refractivity contribution in [3.63, 3.8) is 0 Å². The van der Waals surface area contributed by atoms with Crippen LogP contribution in [0.25, 0.3) is 9.15 Å². The molecule has 0 radical (unpaired) electrons. The molecule has 120 valence electrons. The van der Waals surface area contributed by atoms with Crippen molar-refractivity contribution >= 4 is 62.4 Å². The Balaban J connectivity index is 2.73. The Hall–Kier alpha value is -0.403. The summed E-state index contributed by atoms with van der Waals surface area (Å²) in [5.74, 6) is 0. The summed E-state index contributed by atoms with van der Waals surface area (Å²) in [4.78, 5) is 0. The van der Waals surface area contributed by atoms with Crippen molar-refractivity contribution in [2.45, 2.75) is 26.6 Å². The molecule has 0 nitrogen and oxygen atoms in total. The van der Waals surface area contributed by atoms with Gasteiger partial charge in [0.15, 0.2) is 0 Å². The Labute approximate surface area is 168 Å². The quantitative estimate of drug-likeness (QED) is 0.161. The lowest BCUT2D eigenvalue weighted by Gasteiger charge is -2.22. The normalized spacial score (nSPS) is 14.2. The molecule has 2 aromatic carbocycles. The molecular formula is C20H22I2Si. The molecule has 0 aliphatic carbocycles. The highest BCUT2D eigenvalue weighted by Gasteiger charge is 2.22. The molecule has 0 bridgehead atoms. The van der Waals surface area contributed by atoms with Crippen molar-refractivity contribution in [3.05, 3.63) is 80.6 Å². The molecule has 0 aromatic heterocycles. The minimum absolute atomic E-state index is 1.28. The summed E-state index contributed by atoms with van der Waals surface area (Å²) in [5, 5.41) is 0. The summed E-state index contributed by atoms with van der Waals surface area (Å²) in [6.45, 7) is 9.52. The molecule has 0 aliphatic heterocycles. The molecule has 2 rings (SSSR count). The summed E-state index contributed by atoms with van der Waals surface area (Å²) in [6.07, 6.45) is 0. The Morgan fingerprint density at radius 2 is 1.17 bits per heavy atom. The molecule has 2 aromatic rings. The van der Waals surface area contributed by atoms with Crippen LogP contribution in [0.5, 0.6) is 0 Å². The van der Waals surface area contributed by atoms with Crippen molar-refractivity contribution in [1.82, 2.24) is 0 Å². The van der Waals surface area contributed by atoms with Crippen LogP contribution in [-0.2, 0) is 0 Å². The smallest absolute Gasteiger partial charge is 0.0652 e. The lowest BCUT2D eigenvalue weighted by Crippen LogP contribution is -2.21. The van der Waals surface area contributed by atoms with Crippen LogP contribution in [0.3, 0.4) is 0 Å². The van der Waals surface area contributed by atoms with Gasteiger partial charge < -0.3 is 0 Å². The van der Waals surface area contributed by atoms with E-state index in [9.17, 15) is 0 Å². The SMILES string of the molecule is CC(/C(=C(\I)c1ccccc1)c1ccccc1)=C(/I)[Si](C)(C)C. The first-order chi connectivity index (χ1) is 10.8. The lowest BCUT2D eigenvalue weighted by molar-refractivity contribution is 1.49. The largest absolute Gasteiger partial charge is 0.0858 e. The van der Waals surface area contributed by atoms with E-state index in [0.717, 1.165) is 0 Å². The zero-order valence-corrected chi connectivity index (χ0v) is 19.3. The van der Waals surface area contributed by atoms with Gasteiger partial charge in [0.05, 0.1) is 8.07 Å². The first-order valence-electron chi connectivity index (χ1n) is 7.70. The number of hydrogen-bond acceptors (Lipinski definition) is 0. The van der Waals surface area contributed by atoms with Gasteiger partial charge in [-0.3, -0.25) is 0 Å². The highest BCUT2D eigenvalue weighted by Crippen LogP contribution is 2.40. The van der Waals surface area contributed by atoms with Gasteiger partial charge in [-0.1, -0.05) is 103 Å². The summed E-state index contributed by atoms with van der Waals surface area (Å²) < 4.78 is 2.86. The predicted molar refractivity (Wildman–Crippen MR) is 124 cm³/mol. The lowest BCUT2D eigenvalue weighted by atomic mass is 9.97. The molecule has 23 heavy (non-hydrogen) atoms. The minimum Gasteiger partial charge on any atom is -0.0652 e. The van der Waals surface area contributed by atoms with E-state index in [1.54, 1.807) is 3.20 Å². The Kier molecular flexibility index (Phi) is 6.68. The first-order valence-corrected chi connectivity index (χ1v) is 13.4. The number of halogens is 2. The van der Waals surface area contributed by atoms with Crippen molar-refractivity contribution in [3.8, 4) is 0 Å². The minimum atomic E-state index is -1.34. The molecule has 0 spiro atoms. The molecule has 0 amide bonds. The van der Waals surface area contributed by atoms with E-state index in [4.69, 9.17) is 0 Å². The standard InChI is InChI=1S/C20H22I2Si/c1-15(20(22)23(2,3)4)18(16-11-7-5-8-12-16)19(21)17-13-9-6-10-14-17/h5-14H,1-4H3/b19-18+,20-15+. The third-order valence-corrected chi connectivity index (χ3v) is 12.2. The van der Waals surface area contributed by atoms with Gasteiger partial charge >= 0.3 is 0 Å². The molecule has 0 heterocycles. The number of hydrogen-bond donors (Lipinski definition) is 0. The van der Waals surface area contributed by atoms with Crippen molar-refractivity contribution in [1.29, 1.82) is 0 Å². The monoisotopic (exact) mass is 544 g/mol. The van der Waals surface area contributed by atoms with Gasteiger partial charge in [0, 0.05) is 3.58 Å². The summed E-state index contributed by atoms with van der Waals surface area (Å²) in [7, 11) is -1.34. The van der Waals surface area contributed by atoms with Crippen LogP contribution in [0.2, 0.25) is 19.6 Å². The van der Waals surface area contributed by atoms with Crippen molar-refractivity contribution in [2.24, 2.45) is 0 Å². The molecule has 0 unspecified atom stereocenters. The topological polar surface area (TPSA) is 0 Å². The van der Waals surface area contributed by atoms with E-state index >= 15 is 0 Å². The van der Waals surface area contributed by atoms with Crippen LogP contribution in [-0.4, -0.2) is 8.07 Å². The maximum atomic E-state index is 2.57. The van der Waals surface area contributed by atoms with Crippen LogP contribution < -0.4 is 0 Å². The van der Waals surface area contributed by atoms with Crippen molar-refractivity contribution < 1.29 is 0 Å². The third kappa shape index (κ3) is 4.79. The van der Waals surface area contributed by atoms with E-state index in [0.29, 0.717) is 0 Å². The first kappa shape index (κ1) is 18.9. The Morgan fingerprint density at radius 3 is 1.61 bits per heavy atom. The molecule has 0 saturated carbocycles. The molecule has 0 saturated heterocycles. The second-order valence-corrected chi connectivity index (χ2v) is 14.8. The van der Waals surface area contributed by atoms with E-state index in [1.165, 1.54) is 25.9 Å². The van der Waals surface area contributed by atoms with Crippen LogP contribution in [0.15, 0.2) is 69.4 Å². The zero-order chi connectivity index (χ0) is 17.0. The second kappa shape index (κ2) is 8.12. The zero-order valence-electron chi connectivity index (χ0n) is 14.0. The predicted octanol–water partition coefficient (Wildman–Crippen LogP) is 7.58. The summed E-state index contributed by atoms with van der Waals surface area (Å²) in [6, 6.07) is 21.4. The van der Waals surface area contributed by atoms with Gasteiger partial charge in [0.25, 0.3) is 0 Å². The highest BCUT2D eigenvalue weighted by atomic mass is 127. The molecule has 0 aliphatic rings. The van der Waals surface area contributed by atoms with E-state index in [2.05, 4.69) is 132 Å². The molecule has 0 fully saturated rings. The maximum absolute atomic E-state index is 2.57. The van der Waals surface area contributed by atoms with Crippen LogP contribution in [0.1, 0.15) is 18.1 Å². The fourth-order valence-corrected chi connectivity index (χ4v) is 5.11. The molecule has 0 atom stereocenters. The number of rotatable bonds is 4. The van der Waals surface area contributed by atoms with E-state index in [-0.39, 0.29) is 0 Å². The van der Waals surface area contributed by atoms with E-state index in [1.807, 2.05) is 0 Å². The van der Waals surface area contributed by atoms with E-state index < -0.39 is 8.07 Å².